The van der Waals surface area contributed by atoms with E-state index in [0.29, 0.717) is 12.8 Å². The van der Waals surface area contributed by atoms with E-state index in [0.717, 1.165) is 9.87 Å². The summed E-state index contributed by atoms with van der Waals surface area (Å²) >= 11 is 0. The van der Waals surface area contributed by atoms with Crippen LogP contribution in [0.25, 0.3) is 0 Å². The maximum absolute atomic E-state index is 13.1. The van der Waals surface area contributed by atoms with Gasteiger partial charge in [0, 0.05) is 20.6 Å². The van der Waals surface area contributed by atoms with E-state index in [2.05, 4.69) is 5.32 Å². The number of anilines is 1. The number of carbonyl (C=O) groups excluding carboxylic acids is 1. The molecule has 1 unspecified atom stereocenters. The quantitative estimate of drug-likeness (QED) is 0.648. The van der Waals surface area contributed by atoms with Gasteiger partial charge in [-0.1, -0.05) is 17.7 Å². The Morgan fingerprint density at radius 2 is 1.69 bits per heavy atom. The summed E-state index contributed by atoms with van der Waals surface area (Å²) in [6, 6.07) is 9.68. The molecule has 0 spiro atoms. The first kappa shape index (κ1) is 24.2. The topological polar surface area (TPSA) is 113 Å². The van der Waals surface area contributed by atoms with Crippen LogP contribution in [0.2, 0.25) is 0 Å². The van der Waals surface area contributed by atoms with Crippen LogP contribution in [0.3, 0.4) is 0 Å². The molecule has 0 bridgehead atoms. The van der Waals surface area contributed by atoms with Crippen LogP contribution in [-0.2, 0) is 24.8 Å². The number of rotatable bonds is 7. The van der Waals surface area contributed by atoms with Crippen LogP contribution in [0, 0.1) is 6.92 Å². The van der Waals surface area contributed by atoms with Crippen LogP contribution in [0.15, 0.2) is 52.3 Å². The molecule has 0 radical (unpaired) electrons. The highest BCUT2D eigenvalue weighted by Gasteiger charge is 2.39. The molecule has 174 valence electrons. The number of amides is 1. The molecular weight excluding hydrogens is 454 g/mol. The number of nitrogens with one attached hydrogen (secondary N) is 1. The zero-order valence-electron chi connectivity index (χ0n) is 18.4. The van der Waals surface area contributed by atoms with Crippen molar-refractivity contribution in [2.24, 2.45) is 0 Å². The van der Waals surface area contributed by atoms with Crippen molar-refractivity contribution < 1.29 is 26.4 Å². The van der Waals surface area contributed by atoms with E-state index in [9.17, 15) is 21.6 Å². The lowest BCUT2D eigenvalue weighted by molar-refractivity contribution is -0.119. The van der Waals surface area contributed by atoms with Gasteiger partial charge in [0.05, 0.1) is 22.6 Å². The van der Waals surface area contributed by atoms with Crippen LogP contribution in [0.4, 0.5) is 5.69 Å². The average Bonchev–Trinajstić information content (AvgIpc) is 3.25. The van der Waals surface area contributed by atoms with E-state index in [1.807, 2.05) is 6.92 Å². The van der Waals surface area contributed by atoms with Gasteiger partial charge >= 0.3 is 0 Å². The van der Waals surface area contributed by atoms with Gasteiger partial charge in [-0.2, -0.15) is 4.31 Å². The summed E-state index contributed by atoms with van der Waals surface area (Å²) in [4.78, 5) is 13.2. The minimum Gasteiger partial charge on any atom is -0.495 e. The number of nitrogens with zero attached hydrogens (tertiary/aromatic N) is 2. The van der Waals surface area contributed by atoms with Crippen molar-refractivity contribution in [2.75, 3.05) is 33.1 Å². The van der Waals surface area contributed by atoms with Crippen LogP contribution in [0.5, 0.6) is 5.75 Å². The molecule has 1 heterocycles. The highest BCUT2D eigenvalue weighted by Crippen LogP contribution is 2.31. The van der Waals surface area contributed by atoms with Gasteiger partial charge in [0.25, 0.3) is 0 Å². The zero-order valence-corrected chi connectivity index (χ0v) is 20.0. The molecular formula is C21H27N3O6S2. The summed E-state index contributed by atoms with van der Waals surface area (Å²) in [6.45, 7) is 2.08. The first-order valence-corrected chi connectivity index (χ1v) is 12.9. The van der Waals surface area contributed by atoms with Crippen LogP contribution < -0.4 is 10.1 Å². The third-order valence-electron chi connectivity index (χ3n) is 5.34. The van der Waals surface area contributed by atoms with Crippen molar-refractivity contribution >= 4 is 31.6 Å². The molecule has 1 aliphatic rings. The fourth-order valence-electron chi connectivity index (χ4n) is 3.51. The Hall–Kier alpha value is -2.47. The SMILES string of the molecule is COc1ccc(S(=O)(=O)N(C)C)cc1NC(=O)C1CCCN1S(=O)(=O)c1ccc(C)cc1. The Morgan fingerprint density at radius 1 is 1.06 bits per heavy atom. The Morgan fingerprint density at radius 3 is 2.28 bits per heavy atom. The highest BCUT2D eigenvalue weighted by molar-refractivity contribution is 7.89. The fraction of sp³-hybridized carbons (Fsp3) is 0.381. The zero-order chi connectivity index (χ0) is 23.7. The predicted octanol–water partition coefficient (Wildman–Crippen LogP) is 2.05. The first-order valence-electron chi connectivity index (χ1n) is 9.98. The van der Waals surface area contributed by atoms with Gasteiger partial charge in [0.15, 0.2) is 0 Å². The third-order valence-corrected chi connectivity index (χ3v) is 9.07. The van der Waals surface area contributed by atoms with E-state index in [4.69, 9.17) is 4.74 Å². The number of benzene rings is 2. The van der Waals surface area contributed by atoms with E-state index in [1.54, 1.807) is 12.1 Å². The summed E-state index contributed by atoms with van der Waals surface area (Å²) in [7, 11) is -3.38. The molecule has 1 aliphatic heterocycles. The second-order valence-corrected chi connectivity index (χ2v) is 11.8. The van der Waals surface area contributed by atoms with Gasteiger partial charge in [-0.25, -0.2) is 21.1 Å². The Balaban J connectivity index is 1.90. The van der Waals surface area contributed by atoms with E-state index in [-0.39, 0.29) is 27.8 Å². The average molecular weight is 482 g/mol. The van der Waals surface area contributed by atoms with E-state index >= 15 is 0 Å². The minimum absolute atomic E-state index is 0.0193. The molecule has 3 rings (SSSR count). The summed E-state index contributed by atoms with van der Waals surface area (Å²) in [5.74, 6) is -0.280. The molecule has 1 saturated heterocycles. The first-order chi connectivity index (χ1) is 15.0. The largest absolute Gasteiger partial charge is 0.495 e. The molecule has 1 amide bonds. The number of hydrogen-bond donors (Lipinski definition) is 1. The second kappa shape index (κ2) is 9.18. The van der Waals surface area contributed by atoms with Crippen LogP contribution >= 0.6 is 0 Å². The molecule has 32 heavy (non-hydrogen) atoms. The molecule has 9 nitrogen and oxygen atoms in total. The number of carbonyl (C=O) groups is 1. The molecule has 1 atom stereocenters. The lowest BCUT2D eigenvalue weighted by Gasteiger charge is -2.24. The molecule has 1 fully saturated rings. The molecule has 2 aromatic carbocycles. The molecule has 2 aromatic rings. The molecule has 0 saturated carbocycles. The second-order valence-electron chi connectivity index (χ2n) is 7.73. The third kappa shape index (κ3) is 4.65. The maximum Gasteiger partial charge on any atom is 0.243 e. The number of methoxy groups -OCH3 is 1. The van der Waals surface area contributed by atoms with Crippen molar-refractivity contribution in [2.45, 2.75) is 35.6 Å². The summed E-state index contributed by atoms with van der Waals surface area (Å²) in [5.41, 5.74) is 1.08. The monoisotopic (exact) mass is 481 g/mol. The van der Waals surface area contributed by atoms with Crippen molar-refractivity contribution in [1.29, 1.82) is 0 Å². The maximum atomic E-state index is 13.1. The van der Waals surface area contributed by atoms with Crippen molar-refractivity contribution in [1.82, 2.24) is 8.61 Å². The van der Waals surface area contributed by atoms with Crippen molar-refractivity contribution in [3.8, 4) is 5.75 Å². The predicted molar refractivity (Wildman–Crippen MR) is 121 cm³/mol. The van der Waals surface area contributed by atoms with Gasteiger partial charge in [-0.05, 0) is 50.1 Å². The highest BCUT2D eigenvalue weighted by atomic mass is 32.2. The lowest BCUT2D eigenvalue weighted by atomic mass is 10.2. The molecule has 0 aromatic heterocycles. The Kier molecular flexibility index (Phi) is 6.94. The molecule has 0 aliphatic carbocycles. The number of hydrogen-bond acceptors (Lipinski definition) is 6. The number of aryl methyl sites for hydroxylation is 1. The van der Waals surface area contributed by atoms with E-state index < -0.39 is 32.0 Å². The van der Waals surface area contributed by atoms with Gasteiger partial charge in [0.1, 0.15) is 11.8 Å². The Labute approximate surface area is 189 Å². The summed E-state index contributed by atoms with van der Waals surface area (Å²) in [5, 5.41) is 2.66. The lowest BCUT2D eigenvalue weighted by Crippen LogP contribution is -2.43. The van der Waals surface area contributed by atoms with Gasteiger partial charge in [-0.15, -0.1) is 0 Å². The normalized spacial score (nSPS) is 17.5. The van der Waals surface area contributed by atoms with Gasteiger partial charge in [-0.3, -0.25) is 4.79 Å². The van der Waals surface area contributed by atoms with Crippen LogP contribution in [0.1, 0.15) is 18.4 Å². The van der Waals surface area contributed by atoms with E-state index in [1.165, 1.54) is 55.8 Å². The summed E-state index contributed by atoms with van der Waals surface area (Å²) < 4.78 is 58.7. The van der Waals surface area contributed by atoms with Crippen molar-refractivity contribution in [3.63, 3.8) is 0 Å². The molecule has 1 N–H and O–H groups in total. The number of sulfonamides is 2. The van der Waals surface area contributed by atoms with Gasteiger partial charge < -0.3 is 10.1 Å². The number of ether oxygens (including phenoxy) is 1. The minimum atomic E-state index is -3.86. The van der Waals surface area contributed by atoms with Crippen LogP contribution in [-0.4, -0.2) is 65.1 Å². The Bertz CT molecular complexity index is 1210. The standard InChI is InChI=1S/C21H27N3O6S2/c1-15-7-9-16(10-8-15)32(28,29)24-13-5-6-19(24)21(25)22-18-14-17(11-12-20(18)30-4)31(26,27)23(2)3/h7-12,14,19H,5-6,13H2,1-4H3,(H,22,25). The smallest absolute Gasteiger partial charge is 0.243 e. The summed E-state index contributed by atoms with van der Waals surface area (Å²) in [6.07, 6.45) is 0.893. The van der Waals surface area contributed by atoms with Crippen molar-refractivity contribution in [3.05, 3.63) is 48.0 Å². The fourth-order valence-corrected chi connectivity index (χ4v) is 6.09. The molecule has 11 heteroatoms. The van der Waals surface area contributed by atoms with Gasteiger partial charge in [0.2, 0.25) is 26.0 Å².